The number of carbonyl (C=O) groups excluding carboxylic acids is 1. The molecule has 0 fully saturated rings. The Morgan fingerprint density at radius 2 is 1.73 bits per heavy atom. The fraction of sp³-hybridized carbons (Fsp3) is 0.421. The molecule has 0 aliphatic rings. The lowest BCUT2D eigenvalue weighted by molar-refractivity contribution is -0.895. The van der Waals surface area contributed by atoms with Crippen molar-refractivity contribution >= 4 is 26.7 Å². The molecular formula is C19H28N3O3S+. The maximum Gasteiger partial charge on any atom is 0.243 e. The molecule has 0 heterocycles. The summed E-state index contributed by atoms with van der Waals surface area (Å²) in [5.74, 6) is -0.288. The van der Waals surface area contributed by atoms with E-state index in [9.17, 15) is 13.2 Å². The van der Waals surface area contributed by atoms with Crippen LogP contribution >= 0.6 is 0 Å². The van der Waals surface area contributed by atoms with E-state index < -0.39 is 10.0 Å². The Morgan fingerprint density at radius 3 is 2.38 bits per heavy atom. The predicted molar refractivity (Wildman–Crippen MR) is 104 cm³/mol. The van der Waals surface area contributed by atoms with E-state index in [1.165, 1.54) is 11.9 Å². The predicted octanol–water partition coefficient (Wildman–Crippen LogP) is 0.501. The zero-order valence-corrected chi connectivity index (χ0v) is 16.5. The molecule has 0 bridgehead atoms. The third-order valence-corrected chi connectivity index (χ3v) is 6.40. The zero-order chi connectivity index (χ0) is 19.2. The number of nitrogens with zero attached hydrogens (tertiary/aromatic N) is 1. The van der Waals surface area contributed by atoms with Gasteiger partial charge in [0.25, 0.3) is 0 Å². The molecule has 1 amide bonds. The molecule has 0 aliphatic carbocycles. The molecule has 2 aromatic rings. The summed E-state index contributed by atoms with van der Waals surface area (Å²) in [6.45, 7) is 7.39. The Hall–Kier alpha value is -1.96. The highest BCUT2D eigenvalue weighted by Crippen LogP contribution is 2.21. The molecule has 26 heavy (non-hydrogen) atoms. The molecule has 6 nitrogen and oxygen atoms in total. The van der Waals surface area contributed by atoms with Gasteiger partial charge in [0.05, 0.1) is 37.6 Å². The normalized spacial score (nSPS) is 12.0. The maximum atomic E-state index is 12.7. The lowest BCUT2D eigenvalue weighted by atomic mass is 10.1. The molecule has 2 rings (SSSR count). The first-order valence-corrected chi connectivity index (χ1v) is 10.4. The van der Waals surface area contributed by atoms with Crippen LogP contribution in [0.15, 0.2) is 47.4 Å². The zero-order valence-electron chi connectivity index (χ0n) is 15.7. The lowest BCUT2D eigenvalue weighted by Gasteiger charge is -2.18. The third-order valence-electron chi connectivity index (χ3n) is 4.60. The second-order valence-corrected chi connectivity index (χ2v) is 8.37. The molecule has 7 heteroatoms. The highest BCUT2D eigenvalue weighted by molar-refractivity contribution is 7.89. The lowest BCUT2D eigenvalue weighted by Crippen LogP contribution is -3.12. The van der Waals surface area contributed by atoms with Gasteiger partial charge >= 0.3 is 0 Å². The van der Waals surface area contributed by atoms with Gasteiger partial charge in [-0.15, -0.1) is 0 Å². The SMILES string of the molecule is CC[NH+](CC)CCNC(=O)CN(C)S(=O)(=O)c1ccc2ccccc2c1. The van der Waals surface area contributed by atoms with E-state index in [-0.39, 0.29) is 17.3 Å². The first-order valence-electron chi connectivity index (χ1n) is 8.93. The molecule has 2 N–H and O–H groups in total. The van der Waals surface area contributed by atoms with Crippen LogP contribution in [0.1, 0.15) is 13.8 Å². The summed E-state index contributed by atoms with van der Waals surface area (Å²) in [5, 5.41) is 4.63. The van der Waals surface area contributed by atoms with Gasteiger partial charge in [-0.1, -0.05) is 30.3 Å². The molecular weight excluding hydrogens is 350 g/mol. The minimum Gasteiger partial charge on any atom is -0.349 e. The van der Waals surface area contributed by atoms with Gasteiger partial charge in [-0.05, 0) is 36.8 Å². The van der Waals surface area contributed by atoms with E-state index in [4.69, 9.17) is 0 Å². The molecule has 0 spiro atoms. The number of hydrogen-bond donors (Lipinski definition) is 2. The third kappa shape index (κ3) is 5.03. The molecule has 0 saturated heterocycles. The van der Waals surface area contributed by atoms with Crippen LogP contribution in [0.4, 0.5) is 0 Å². The summed E-state index contributed by atoms with van der Waals surface area (Å²) in [5.41, 5.74) is 0. The number of sulfonamides is 1. The fourth-order valence-corrected chi connectivity index (χ4v) is 4.00. The second-order valence-electron chi connectivity index (χ2n) is 6.33. The quantitative estimate of drug-likeness (QED) is 0.668. The number of hydrogen-bond acceptors (Lipinski definition) is 3. The van der Waals surface area contributed by atoms with Gasteiger partial charge in [0, 0.05) is 7.05 Å². The van der Waals surface area contributed by atoms with Gasteiger partial charge in [0.2, 0.25) is 15.9 Å². The summed E-state index contributed by atoms with van der Waals surface area (Å²) >= 11 is 0. The van der Waals surface area contributed by atoms with Gasteiger partial charge < -0.3 is 10.2 Å². The van der Waals surface area contributed by atoms with E-state index >= 15 is 0 Å². The first-order chi connectivity index (χ1) is 12.4. The second kappa shape index (κ2) is 9.12. The van der Waals surface area contributed by atoms with Crippen LogP contribution in [0.3, 0.4) is 0 Å². The summed E-state index contributed by atoms with van der Waals surface area (Å²) in [6, 6.07) is 12.6. The Balaban J connectivity index is 2.00. The van der Waals surface area contributed by atoms with Crippen molar-refractivity contribution in [3.05, 3.63) is 42.5 Å². The number of quaternary nitrogens is 1. The monoisotopic (exact) mass is 378 g/mol. The largest absolute Gasteiger partial charge is 0.349 e. The molecule has 2 aromatic carbocycles. The van der Waals surface area contributed by atoms with Crippen LogP contribution in [0.25, 0.3) is 10.8 Å². The molecule has 0 atom stereocenters. The molecule has 0 aliphatic heterocycles. The average Bonchev–Trinajstić information content (AvgIpc) is 2.64. The number of amides is 1. The van der Waals surface area contributed by atoms with Crippen molar-refractivity contribution < 1.29 is 18.1 Å². The number of carbonyl (C=O) groups is 1. The van der Waals surface area contributed by atoms with Crippen molar-refractivity contribution in [2.75, 3.05) is 39.8 Å². The van der Waals surface area contributed by atoms with Gasteiger partial charge in [0.1, 0.15) is 0 Å². The van der Waals surface area contributed by atoms with Crippen molar-refractivity contribution in [3.63, 3.8) is 0 Å². The number of rotatable bonds is 9. The molecule has 142 valence electrons. The minimum absolute atomic E-state index is 0.192. The number of likely N-dealkylation sites (N-methyl/N-ethyl adjacent to an activating group) is 2. The van der Waals surface area contributed by atoms with E-state index in [0.29, 0.717) is 6.54 Å². The first kappa shape index (κ1) is 20.4. The van der Waals surface area contributed by atoms with E-state index in [1.54, 1.807) is 18.2 Å². The molecule has 0 unspecified atom stereocenters. The number of fused-ring (bicyclic) bond motifs is 1. The van der Waals surface area contributed by atoms with Crippen LogP contribution in [-0.4, -0.2) is 58.4 Å². The Morgan fingerprint density at radius 1 is 1.08 bits per heavy atom. The van der Waals surface area contributed by atoms with Crippen LogP contribution in [0.2, 0.25) is 0 Å². The number of benzene rings is 2. The minimum atomic E-state index is -3.71. The van der Waals surface area contributed by atoms with E-state index in [0.717, 1.165) is 34.7 Å². The topological polar surface area (TPSA) is 70.9 Å². The van der Waals surface area contributed by atoms with Crippen molar-refractivity contribution in [3.8, 4) is 0 Å². The van der Waals surface area contributed by atoms with Gasteiger partial charge in [-0.2, -0.15) is 4.31 Å². The van der Waals surface area contributed by atoms with Gasteiger partial charge in [-0.3, -0.25) is 4.79 Å². The maximum absolute atomic E-state index is 12.7. The summed E-state index contributed by atoms with van der Waals surface area (Å²) in [4.78, 5) is 13.7. The molecule has 0 saturated carbocycles. The van der Waals surface area contributed by atoms with Crippen molar-refractivity contribution in [2.24, 2.45) is 0 Å². The van der Waals surface area contributed by atoms with Crippen LogP contribution < -0.4 is 10.2 Å². The van der Waals surface area contributed by atoms with Gasteiger partial charge in [0.15, 0.2) is 0 Å². The Labute approximate surface area is 155 Å². The van der Waals surface area contributed by atoms with Crippen LogP contribution in [0, 0.1) is 0 Å². The molecule has 0 radical (unpaired) electrons. The summed E-state index contributed by atoms with van der Waals surface area (Å²) < 4.78 is 26.5. The van der Waals surface area contributed by atoms with Gasteiger partial charge in [-0.25, -0.2) is 8.42 Å². The Kier molecular flexibility index (Phi) is 7.14. The van der Waals surface area contributed by atoms with E-state index in [1.807, 2.05) is 24.3 Å². The van der Waals surface area contributed by atoms with Crippen molar-refractivity contribution in [2.45, 2.75) is 18.7 Å². The highest BCUT2D eigenvalue weighted by atomic mass is 32.2. The smallest absolute Gasteiger partial charge is 0.243 e. The standard InChI is InChI=1S/C19H27N3O3S/c1-4-22(5-2)13-12-20-19(23)15-21(3)26(24,25)18-11-10-16-8-6-7-9-17(16)14-18/h6-11,14H,4-5,12-13,15H2,1-3H3,(H,20,23)/p+1. The van der Waals surface area contributed by atoms with E-state index in [2.05, 4.69) is 19.2 Å². The number of nitrogens with one attached hydrogen (secondary N) is 2. The van der Waals surface area contributed by atoms with Crippen molar-refractivity contribution in [1.29, 1.82) is 0 Å². The van der Waals surface area contributed by atoms with Crippen LogP contribution in [-0.2, 0) is 14.8 Å². The Bertz CT molecular complexity index is 848. The van der Waals surface area contributed by atoms with Crippen molar-refractivity contribution in [1.82, 2.24) is 9.62 Å². The molecule has 0 aromatic heterocycles. The van der Waals surface area contributed by atoms with Crippen LogP contribution in [0.5, 0.6) is 0 Å². The highest BCUT2D eigenvalue weighted by Gasteiger charge is 2.23. The summed E-state index contributed by atoms with van der Waals surface area (Å²) in [7, 11) is -2.28. The summed E-state index contributed by atoms with van der Waals surface area (Å²) in [6.07, 6.45) is 0. The fourth-order valence-electron chi connectivity index (χ4n) is 2.83. The average molecular weight is 379 g/mol.